The molecule has 28 heavy (non-hydrogen) atoms. The summed E-state index contributed by atoms with van der Waals surface area (Å²) in [6.45, 7) is -0.137. The zero-order valence-corrected chi connectivity index (χ0v) is 14.8. The van der Waals surface area contributed by atoms with Crippen LogP contribution in [0.3, 0.4) is 0 Å². The Morgan fingerprint density at radius 1 is 1.18 bits per heavy atom. The van der Waals surface area contributed by atoms with Crippen LogP contribution in [0.15, 0.2) is 54.7 Å². The Labute approximate surface area is 158 Å². The Balaban J connectivity index is 1.44. The number of aromatic nitrogens is 4. The molecular weight excluding hydrogens is 368 g/mol. The molecule has 0 aliphatic heterocycles. The molecular formula is C19H15F2N5O2. The monoisotopic (exact) mass is 383 g/mol. The smallest absolute Gasteiger partial charge is 0.278 e. The van der Waals surface area contributed by atoms with Crippen molar-refractivity contribution in [3.63, 3.8) is 0 Å². The fourth-order valence-corrected chi connectivity index (χ4v) is 2.71. The van der Waals surface area contributed by atoms with E-state index in [2.05, 4.69) is 15.4 Å². The number of ether oxygens (including phenoxy) is 1. The molecule has 142 valence electrons. The van der Waals surface area contributed by atoms with Crippen molar-refractivity contribution in [2.45, 2.75) is 6.73 Å². The average Bonchev–Trinajstić information content (AvgIpc) is 3.27. The van der Waals surface area contributed by atoms with Crippen molar-refractivity contribution in [1.29, 1.82) is 0 Å². The summed E-state index contributed by atoms with van der Waals surface area (Å²) in [5.74, 6) is -1.66. The van der Waals surface area contributed by atoms with E-state index in [4.69, 9.17) is 4.74 Å². The molecule has 0 fully saturated rings. The zero-order chi connectivity index (χ0) is 19.7. The van der Waals surface area contributed by atoms with E-state index < -0.39 is 17.5 Å². The molecule has 1 amide bonds. The summed E-state index contributed by atoms with van der Waals surface area (Å²) in [7, 11) is 1.80. The predicted octanol–water partition coefficient (Wildman–Crippen LogP) is 3.34. The van der Waals surface area contributed by atoms with E-state index in [0.717, 1.165) is 23.2 Å². The van der Waals surface area contributed by atoms with Gasteiger partial charge in [0, 0.05) is 19.3 Å². The Morgan fingerprint density at radius 2 is 2.00 bits per heavy atom. The van der Waals surface area contributed by atoms with Crippen LogP contribution in [0.25, 0.3) is 11.0 Å². The number of carbonyl (C=O) groups excluding carboxylic acids is 1. The Kier molecular flexibility index (Phi) is 4.48. The number of rotatable bonds is 5. The van der Waals surface area contributed by atoms with Gasteiger partial charge in [-0.15, -0.1) is 0 Å². The lowest BCUT2D eigenvalue weighted by atomic mass is 10.3. The molecule has 2 heterocycles. The van der Waals surface area contributed by atoms with Gasteiger partial charge in [0.25, 0.3) is 5.91 Å². The largest absolute Gasteiger partial charge is 0.468 e. The fourth-order valence-electron chi connectivity index (χ4n) is 2.71. The van der Waals surface area contributed by atoms with Crippen LogP contribution < -0.4 is 10.1 Å². The summed E-state index contributed by atoms with van der Waals surface area (Å²) in [5, 5.41) is 6.81. The molecule has 2 aromatic heterocycles. The van der Waals surface area contributed by atoms with Crippen LogP contribution in [-0.2, 0) is 13.8 Å². The number of benzene rings is 2. The molecule has 0 spiro atoms. The summed E-state index contributed by atoms with van der Waals surface area (Å²) in [6, 6.07) is 12.0. The van der Waals surface area contributed by atoms with Crippen LogP contribution in [-0.4, -0.2) is 25.2 Å². The van der Waals surface area contributed by atoms with Crippen molar-refractivity contribution in [2.75, 3.05) is 5.32 Å². The molecule has 0 radical (unpaired) electrons. The summed E-state index contributed by atoms with van der Waals surface area (Å²) < 4.78 is 34.9. The molecule has 2 aromatic carbocycles. The summed E-state index contributed by atoms with van der Waals surface area (Å²) in [5.41, 5.74) is 1.80. The van der Waals surface area contributed by atoms with E-state index in [1.165, 1.54) is 23.0 Å². The normalized spacial score (nSPS) is 11.0. The van der Waals surface area contributed by atoms with Crippen LogP contribution in [0.1, 0.15) is 10.5 Å². The first kappa shape index (κ1) is 17.7. The number of fused-ring (bicyclic) bond motifs is 1. The third kappa shape index (κ3) is 3.41. The summed E-state index contributed by atoms with van der Waals surface area (Å²) in [4.78, 5) is 16.8. The number of carbonyl (C=O) groups is 1. The van der Waals surface area contributed by atoms with Gasteiger partial charge in [0.05, 0.1) is 11.0 Å². The molecule has 9 heteroatoms. The minimum atomic E-state index is -0.813. The maximum atomic E-state index is 13.6. The highest BCUT2D eigenvalue weighted by atomic mass is 19.1. The van der Waals surface area contributed by atoms with Gasteiger partial charge in [-0.1, -0.05) is 12.1 Å². The van der Waals surface area contributed by atoms with Crippen molar-refractivity contribution in [1.82, 2.24) is 19.3 Å². The molecule has 0 unspecified atom stereocenters. The van der Waals surface area contributed by atoms with E-state index >= 15 is 0 Å². The van der Waals surface area contributed by atoms with Gasteiger partial charge in [-0.05, 0) is 30.3 Å². The minimum absolute atomic E-state index is 0.109. The highest BCUT2D eigenvalue weighted by Gasteiger charge is 2.15. The predicted molar refractivity (Wildman–Crippen MR) is 97.9 cm³/mol. The molecule has 4 rings (SSSR count). The van der Waals surface area contributed by atoms with Gasteiger partial charge in [-0.2, -0.15) is 5.10 Å². The van der Waals surface area contributed by atoms with Gasteiger partial charge in [0.15, 0.2) is 24.0 Å². The lowest BCUT2D eigenvalue weighted by molar-refractivity contribution is 0.101. The molecule has 0 saturated carbocycles. The SMILES string of the molecule is Cn1c(NC(=O)c2ccn(COc3ccc(F)cc3F)n2)nc2ccccc21. The average molecular weight is 383 g/mol. The van der Waals surface area contributed by atoms with Crippen LogP contribution in [0.4, 0.5) is 14.7 Å². The maximum absolute atomic E-state index is 13.6. The van der Waals surface area contributed by atoms with E-state index in [9.17, 15) is 13.6 Å². The van der Waals surface area contributed by atoms with Crippen molar-refractivity contribution < 1.29 is 18.3 Å². The van der Waals surface area contributed by atoms with E-state index in [1.807, 2.05) is 24.3 Å². The number of nitrogens with one attached hydrogen (secondary N) is 1. The van der Waals surface area contributed by atoms with Gasteiger partial charge in [0.2, 0.25) is 5.95 Å². The first-order chi connectivity index (χ1) is 13.5. The zero-order valence-electron chi connectivity index (χ0n) is 14.8. The highest BCUT2D eigenvalue weighted by Crippen LogP contribution is 2.19. The van der Waals surface area contributed by atoms with E-state index in [-0.39, 0.29) is 18.2 Å². The lowest BCUT2D eigenvalue weighted by Crippen LogP contribution is -2.16. The summed E-state index contributed by atoms with van der Waals surface area (Å²) in [6.07, 6.45) is 1.52. The van der Waals surface area contributed by atoms with Crippen molar-refractivity contribution in [3.05, 3.63) is 72.1 Å². The molecule has 0 bridgehead atoms. The van der Waals surface area contributed by atoms with Crippen molar-refractivity contribution in [3.8, 4) is 5.75 Å². The van der Waals surface area contributed by atoms with Crippen molar-refractivity contribution in [2.24, 2.45) is 7.05 Å². The second kappa shape index (κ2) is 7.10. The quantitative estimate of drug-likeness (QED) is 0.574. The molecule has 0 aliphatic carbocycles. The first-order valence-electron chi connectivity index (χ1n) is 8.35. The van der Waals surface area contributed by atoms with Gasteiger partial charge in [0.1, 0.15) is 5.82 Å². The Hall–Kier alpha value is -3.75. The van der Waals surface area contributed by atoms with Crippen LogP contribution in [0, 0.1) is 11.6 Å². The second-order valence-corrected chi connectivity index (χ2v) is 6.03. The standard InChI is InChI=1S/C19H15F2N5O2/c1-25-16-5-3-2-4-14(16)22-19(25)23-18(27)15-8-9-26(24-15)11-28-17-7-6-12(20)10-13(17)21/h2-10H,11H2,1H3,(H,22,23,27). The van der Waals surface area contributed by atoms with E-state index in [0.29, 0.717) is 5.95 Å². The number of nitrogens with zero attached hydrogens (tertiary/aromatic N) is 4. The minimum Gasteiger partial charge on any atom is -0.468 e. The lowest BCUT2D eigenvalue weighted by Gasteiger charge is -2.07. The van der Waals surface area contributed by atoms with Crippen molar-refractivity contribution >= 4 is 22.9 Å². The molecule has 4 aromatic rings. The number of hydrogen-bond donors (Lipinski definition) is 1. The third-order valence-corrected chi connectivity index (χ3v) is 4.13. The number of para-hydroxylation sites is 2. The number of halogens is 2. The third-order valence-electron chi connectivity index (χ3n) is 4.13. The van der Waals surface area contributed by atoms with Crippen LogP contribution in [0.2, 0.25) is 0 Å². The summed E-state index contributed by atoms with van der Waals surface area (Å²) >= 11 is 0. The number of hydrogen-bond acceptors (Lipinski definition) is 4. The molecule has 0 atom stereocenters. The Bertz CT molecular complexity index is 1170. The number of aryl methyl sites for hydroxylation is 1. The molecule has 0 saturated heterocycles. The van der Waals surface area contributed by atoms with Gasteiger partial charge in [-0.3, -0.25) is 10.1 Å². The van der Waals surface area contributed by atoms with Gasteiger partial charge < -0.3 is 9.30 Å². The Morgan fingerprint density at radius 3 is 2.79 bits per heavy atom. The number of imidazole rings is 1. The van der Waals surface area contributed by atoms with Crippen LogP contribution in [0.5, 0.6) is 5.75 Å². The van der Waals surface area contributed by atoms with Gasteiger partial charge >= 0.3 is 0 Å². The van der Waals surface area contributed by atoms with Crippen LogP contribution >= 0.6 is 0 Å². The molecule has 7 nitrogen and oxygen atoms in total. The molecule has 0 aliphatic rings. The fraction of sp³-hybridized carbons (Fsp3) is 0.105. The maximum Gasteiger partial charge on any atom is 0.278 e. The first-order valence-corrected chi connectivity index (χ1v) is 8.35. The number of anilines is 1. The molecule has 1 N–H and O–H groups in total. The van der Waals surface area contributed by atoms with Gasteiger partial charge in [-0.25, -0.2) is 18.4 Å². The number of amides is 1. The highest BCUT2D eigenvalue weighted by molar-refractivity contribution is 6.02. The topological polar surface area (TPSA) is 74.0 Å². The second-order valence-electron chi connectivity index (χ2n) is 6.03. The van der Waals surface area contributed by atoms with E-state index in [1.54, 1.807) is 11.6 Å².